The van der Waals surface area contributed by atoms with Crippen LogP contribution in [0, 0.1) is 0 Å². The van der Waals surface area contributed by atoms with Crippen LogP contribution >= 0.6 is 0 Å². The van der Waals surface area contributed by atoms with E-state index in [4.69, 9.17) is 9.47 Å². The van der Waals surface area contributed by atoms with Crippen LogP contribution in [-0.2, 0) is 0 Å². The molecule has 0 atom stereocenters. The fourth-order valence-corrected chi connectivity index (χ4v) is 2.26. The summed E-state index contributed by atoms with van der Waals surface area (Å²) in [6.07, 6.45) is 5.08. The molecule has 0 bridgehead atoms. The van der Waals surface area contributed by atoms with Crippen molar-refractivity contribution in [2.75, 3.05) is 33.1 Å². The van der Waals surface area contributed by atoms with E-state index in [0.717, 1.165) is 25.1 Å². The number of anilines is 2. The number of benzene rings is 1. The minimum atomic E-state index is -0.0777. The molecule has 0 aliphatic rings. The van der Waals surface area contributed by atoms with E-state index >= 15 is 0 Å². The first-order chi connectivity index (χ1) is 12.1. The lowest BCUT2D eigenvalue weighted by atomic mass is 10.2. The van der Waals surface area contributed by atoms with Crippen LogP contribution in [0.25, 0.3) is 0 Å². The number of aromatic nitrogens is 2. The fraction of sp³-hybridized carbons (Fsp3) is 0.389. The highest BCUT2D eigenvalue weighted by molar-refractivity contribution is 5.93. The van der Waals surface area contributed by atoms with E-state index in [9.17, 15) is 4.79 Å². The number of rotatable bonds is 8. The van der Waals surface area contributed by atoms with Gasteiger partial charge in [-0.3, -0.25) is 4.79 Å². The van der Waals surface area contributed by atoms with Gasteiger partial charge in [-0.2, -0.15) is 0 Å². The second-order valence-corrected chi connectivity index (χ2v) is 5.57. The summed E-state index contributed by atoms with van der Waals surface area (Å²) < 4.78 is 10.5. The van der Waals surface area contributed by atoms with Crippen LogP contribution in [0.4, 0.5) is 11.6 Å². The average molecular weight is 344 g/mol. The van der Waals surface area contributed by atoms with Crippen LogP contribution in [0.2, 0.25) is 0 Å². The Morgan fingerprint density at radius 1 is 1.16 bits per heavy atom. The van der Waals surface area contributed by atoms with Gasteiger partial charge in [0.15, 0.2) is 11.5 Å². The highest BCUT2D eigenvalue weighted by atomic mass is 16.5. The minimum absolute atomic E-state index is 0.0777. The van der Waals surface area contributed by atoms with Gasteiger partial charge in [-0.15, -0.1) is 0 Å². The third-order valence-corrected chi connectivity index (χ3v) is 3.73. The predicted octanol–water partition coefficient (Wildman–Crippen LogP) is 3.11. The smallest absolute Gasteiger partial charge is 0.256 e. The molecule has 0 aliphatic heterocycles. The zero-order valence-electron chi connectivity index (χ0n) is 15.1. The Morgan fingerprint density at radius 3 is 2.44 bits per heavy atom. The molecule has 2 rings (SSSR count). The molecule has 25 heavy (non-hydrogen) atoms. The van der Waals surface area contributed by atoms with Crippen molar-refractivity contribution in [2.45, 2.75) is 19.8 Å². The van der Waals surface area contributed by atoms with Gasteiger partial charge < -0.3 is 19.7 Å². The summed E-state index contributed by atoms with van der Waals surface area (Å²) in [6, 6.07) is 5.42. The van der Waals surface area contributed by atoms with Crippen molar-refractivity contribution in [1.82, 2.24) is 14.9 Å². The molecule has 7 heteroatoms. The number of carbonyl (C=O) groups excluding carboxylic acids is 1. The minimum Gasteiger partial charge on any atom is -0.493 e. The van der Waals surface area contributed by atoms with Crippen LogP contribution in [0.15, 0.2) is 30.6 Å². The summed E-state index contributed by atoms with van der Waals surface area (Å²) >= 11 is 0. The lowest BCUT2D eigenvalue weighted by molar-refractivity contribution is 0.0792. The van der Waals surface area contributed by atoms with E-state index in [1.165, 1.54) is 12.4 Å². The van der Waals surface area contributed by atoms with Crippen molar-refractivity contribution in [3.63, 3.8) is 0 Å². The Morgan fingerprint density at radius 2 is 1.84 bits per heavy atom. The highest BCUT2D eigenvalue weighted by Crippen LogP contribution is 2.30. The number of carbonyl (C=O) groups is 1. The van der Waals surface area contributed by atoms with Gasteiger partial charge >= 0.3 is 0 Å². The number of methoxy groups -OCH3 is 2. The van der Waals surface area contributed by atoms with Crippen LogP contribution in [0.5, 0.6) is 11.5 Å². The molecule has 0 unspecified atom stereocenters. The summed E-state index contributed by atoms with van der Waals surface area (Å²) in [6.45, 7) is 2.82. The largest absolute Gasteiger partial charge is 0.493 e. The molecule has 134 valence electrons. The predicted molar refractivity (Wildman–Crippen MR) is 96.7 cm³/mol. The van der Waals surface area contributed by atoms with Gasteiger partial charge in [0.2, 0.25) is 5.95 Å². The second-order valence-electron chi connectivity index (χ2n) is 5.57. The van der Waals surface area contributed by atoms with Crippen LogP contribution in [0.3, 0.4) is 0 Å². The van der Waals surface area contributed by atoms with Gasteiger partial charge in [-0.1, -0.05) is 13.3 Å². The maximum absolute atomic E-state index is 12.3. The number of nitrogens with one attached hydrogen (secondary N) is 1. The Hall–Kier alpha value is -2.83. The van der Waals surface area contributed by atoms with E-state index in [1.807, 2.05) is 6.07 Å². The molecular formula is C18H24N4O3. The summed E-state index contributed by atoms with van der Waals surface area (Å²) in [5.41, 5.74) is 1.23. The fourth-order valence-electron chi connectivity index (χ4n) is 2.26. The third-order valence-electron chi connectivity index (χ3n) is 3.73. The maximum Gasteiger partial charge on any atom is 0.256 e. The van der Waals surface area contributed by atoms with Gasteiger partial charge in [0.1, 0.15) is 0 Å². The Kier molecular flexibility index (Phi) is 6.56. The highest BCUT2D eigenvalue weighted by Gasteiger charge is 2.12. The Balaban J connectivity index is 2.06. The second kappa shape index (κ2) is 8.86. The van der Waals surface area contributed by atoms with Crippen molar-refractivity contribution in [2.24, 2.45) is 0 Å². The molecule has 0 saturated carbocycles. The Bertz CT molecular complexity index is 704. The topological polar surface area (TPSA) is 76.6 Å². The van der Waals surface area contributed by atoms with E-state index in [1.54, 1.807) is 38.3 Å². The lowest BCUT2D eigenvalue weighted by Crippen LogP contribution is -2.27. The monoisotopic (exact) mass is 344 g/mol. The van der Waals surface area contributed by atoms with Crippen molar-refractivity contribution in [3.8, 4) is 11.5 Å². The third kappa shape index (κ3) is 4.82. The Labute approximate surface area is 148 Å². The molecule has 1 aromatic heterocycles. The standard InChI is InChI=1S/C18H24N4O3/c1-5-6-9-22(2)17(23)13-11-19-18(20-12-13)21-14-7-8-15(24-3)16(10-14)25-4/h7-8,10-12H,5-6,9H2,1-4H3,(H,19,20,21). The average Bonchev–Trinajstić information content (AvgIpc) is 2.66. The normalized spacial score (nSPS) is 10.2. The van der Waals surface area contributed by atoms with Gasteiger partial charge in [0.25, 0.3) is 5.91 Å². The summed E-state index contributed by atoms with van der Waals surface area (Å²) in [7, 11) is 4.95. The molecule has 0 saturated heterocycles. The molecule has 1 heterocycles. The molecule has 0 spiro atoms. The molecule has 0 fully saturated rings. The van der Waals surface area contributed by atoms with Crippen LogP contribution in [-0.4, -0.2) is 48.6 Å². The van der Waals surface area contributed by atoms with Crippen molar-refractivity contribution < 1.29 is 14.3 Å². The SMILES string of the molecule is CCCCN(C)C(=O)c1cnc(Nc2ccc(OC)c(OC)c2)nc1. The number of ether oxygens (including phenoxy) is 2. The van der Waals surface area contributed by atoms with Crippen LogP contribution in [0.1, 0.15) is 30.1 Å². The molecule has 2 aromatic rings. The number of nitrogens with zero attached hydrogens (tertiary/aromatic N) is 3. The van der Waals surface area contributed by atoms with E-state index in [0.29, 0.717) is 23.0 Å². The molecular weight excluding hydrogens is 320 g/mol. The molecule has 1 aromatic carbocycles. The van der Waals surface area contributed by atoms with Crippen molar-refractivity contribution in [1.29, 1.82) is 0 Å². The first kappa shape index (κ1) is 18.5. The molecule has 0 aliphatic carbocycles. The van der Waals surface area contributed by atoms with Gasteiger partial charge in [-0.05, 0) is 18.6 Å². The number of amides is 1. The lowest BCUT2D eigenvalue weighted by Gasteiger charge is -2.16. The number of hydrogen-bond acceptors (Lipinski definition) is 6. The maximum atomic E-state index is 12.3. The number of hydrogen-bond donors (Lipinski definition) is 1. The first-order valence-electron chi connectivity index (χ1n) is 8.15. The van der Waals surface area contributed by atoms with Crippen molar-refractivity contribution in [3.05, 3.63) is 36.2 Å². The zero-order valence-corrected chi connectivity index (χ0v) is 15.1. The zero-order chi connectivity index (χ0) is 18.2. The molecule has 1 N–H and O–H groups in total. The molecule has 1 amide bonds. The van der Waals surface area contributed by atoms with E-state index in [2.05, 4.69) is 22.2 Å². The first-order valence-corrected chi connectivity index (χ1v) is 8.15. The van der Waals surface area contributed by atoms with Gasteiger partial charge in [-0.25, -0.2) is 9.97 Å². The van der Waals surface area contributed by atoms with Crippen molar-refractivity contribution >= 4 is 17.5 Å². The van der Waals surface area contributed by atoms with E-state index < -0.39 is 0 Å². The molecule has 7 nitrogen and oxygen atoms in total. The summed E-state index contributed by atoms with van der Waals surface area (Å²) in [5, 5.41) is 3.08. The van der Waals surface area contributed by atoms with Gasteiger partial charge in [0.05, 0.1) is 19.8 Å². The number of unbranched alkanes of at least 4 members (excludes halogenated alkanes) is 1. The summed E-state index contributed by atoms with van der Waals surface area (Å²) in [4.78, 5) is 22.4. The van der Waals surface area contributed by atoms with Crippen LogP contribution < -0.4 is 14.8 Å². The van der Waals surface area contributed by atoms with Gasteiger partial charge in [0, 0.05) is 37.7 Å². The summed E-state index contributed by atoms with van der Waals surface area (Å²) in [5.74, 6) is 1.58. The van der Waals surface area contributed by atoms with E-state index in [-0.39, 0.29) is 5.91 Å². The quantitative estimate of drug-likeness (QED) is 0.793. The molecule has 0 radical (unpaired) electrons.